The predicted octanol–water partition coefficient (Wildman–Crippen LogP) is 3.01. The van der Waals surface area contributed by atoms with Gasteiger partial charge in [-0.1, -0.05) is 31.1 Å². The maximum absolute atomic E-state index is 12.4. The van der Waals surface area contributed by atoms with Crippen molar-refractivity contribution < 1.29 is 14.4 Å². The summed E-state index contributed by atoms with van der Waals surface area (Å²) >= 11 is 0. The minimum Gasteiger partial charge on any atom is -0.393 e. The highest BCUT2D eigenvalue weighted by atomic mass is 16.5. The molecule has 3 rings (SSSR count). The first-order valence-corrected chi connectivity index (χ1v) is 8.34. The van der Waals surface area contributed by atoms with Crippen LogP contribution in [0.5, 0.6) is 0 Å². The fourth-order valence-electron chi connectivity index (χ4n) is 2.82. The summed E-state index contributed by atoms with van der Waals surface area (Å²) in [7, 11) is 0. The average molecular weight is 329 g/mol. The van der Waals surface area contributed by atoms with E-state index in [4.69, 9.17) is 4.52 Å². The molecule has 0 bridgehead atoms. The number of rotatable bonds is 4. The number of nitrogens with one attached hydrogen (secondary N) is 1. The summed E-state index contributed by atoms with van der Waals surface area (Å²) < 4.78 is 5.19. The van der Waals surface area contributed by atoms with Crippen molar-refractivity contribution in [3.05, 3.63) is 41.8 Å². The van der Waals surface area contributed by atoms with Gasteiger partial charge in [0.05, 0.1) is 17.5 Å². The van der Waals surface area contributed by atoms with Crippen molar-refractivity contribution in [2.75, 3.05) is 23.3 Å². The molecule has 1 saturated heterocycles. The lowest BCUT2D eigenvalue weighted by Crippen LogP contribution is -2.36. The third kappa shape index (κ3) is 3.59. The van der Waals surface area contributed by atoms with Crippen molar-refractivity contribution in [1.29, 1.82) is 0 Å². The van der Waals surface area contributed by atoms with Gasteiger partial charge in [-0.15, -0.1) is 0 Å². The van der Waals surface area contributed by atoms with Gasteiger partial charge in [0, 0.05) is 25.1 Å². The molecule has 6 heteroatoms. The summed E-state index contributed by atoms with van der Waals surface area (Å²) in [5.41, 5.74) is 1.99. The maximum Gasteiger partial charge on any atom is 0.277 e. The Morgan fingerprint density at radius 1 is 1.33 bits per heavy atom. The van der Waals surface area contributed by atoms with Gasteiger partial charge in [-0.05, 0) is 25.0 Å². The fourth-order valence-corrected chi connectivity index (χ4v) is 2.82. The minimum absolute atomic E-state index is 0.186. The maximum atomic E-state index is 12.4. The Hall–Kier alpha value is -2.34. The van der Waals surface area contributed by atoms with E-state index in [1.807, 2.05) is 38.1 Å². The Morgan fingerprint density at radius 2 is 2.04 bits per heavy atom. The molecule has 1 aliphatic heterocycles. The Balaban J connectivity index is 1.76. The number of amides is 1. The van der Waals surface area contributed by atoms with E-state index in [0.29, 0.717) is 5.76 Å². The molecule has 6 nitrogen and oxygen atoms in total. The summed E-state index contributed by atoms with van der Waals surface area (Å²) in [6, 6.07) is 9.38. The van der Waals surface area contributed by atoms with E-state index in [1.54, 1.807) is 6.07 Å². The molecular formula is C18H23N3O3. The second-order valence-electron chi connectivity index (χ2n) is 6.46. The largest absolute Gasteiger partial charge is 0.393 e. The van der Waals surface area contributed by atoms with Gasteiger partial charge in [0.1, 0.15) is 5.76 Å². The molecule has 1 aromatic carbocycles. The van der Waals surface area contributed by atoms with Gasteiger partial charge in [0.25, 0.3) is 5.91 Å². The van der Waals surface area contributed by atoms with Gasteiger partial charge in [-0.3, -0.25) is 4.79 Å². The number of aliphatic hydroxyl groups is 1. The third-order valence-electron chi connectivity index (χ3n) is 4.29. The number of aliphatic hydroxyl groups excluding tert-OH is 1. The van der Waals surface area contributed by atoms with Crippen molar-refractivity contribution in [2.24, 2.45) is 0 Å². The summed E-state index contributed by atoms with van der Waals surface area (Å²) in [5, 5.41) is 16.4. The van der Waals surface area contributed by atoms with E-state index in [-0.39, 0.29) is 23.6 Å². The van der Waals surface area contributed by atoms with Crippen LogP contribution in [0.3, 0.4) is 0 Å². The number of para-hydroxylation sites is 2. The van der Waals surface area contributed by atoms with E-state index in [2.05, 4.69) is 15.4 Å². The number of hydrogen-bond acceptors (Lipinski definition) is 5. The minimum atomic E-state index is -0.282. The average Bonchev–Trinajstić information content (AvgIpc) is 3.07. The van der Waals surface area contributed by atoms with Crippen LogP contribution in [0, 0.1) is 0 Å². The highest BCUT2D eigenvalue weighted by molar-refractivity contribution is 6.04. The van der Waals surface area contributed by atoms with Crippen LogP contribution in [0.2, 0.25) is 0 Å². The highest BCUT2D eigenvalue weighted by Crippen LogP contribution is 2.29. The summed E-state index contributed by atoms with van der Waals surface area (Å²) in [6.07, 6.45) is 1.25. The molecule has 1 fully saturated rings. The number of aromatic nitrogens is 1. The van der Waals surface area contributed by atoms with Crippen LogP contribution >= 0.6 is 0 Å². The number of anilines is 2. The quantitative estimate of drug-likeness (QED) is 0.901. The van der Waals surface area contributed by atoms with Crippen LogP contribution in [0.25, 0.3) is 0 Å². The summed E-state index contributed by atoms with van der Waals surface area (Å²) in [6.45, 7) is 5.52. The second kappa shape index (κ2) is 7.05. The lowest BCUT2D eigenvalue weighted by molar-refractivity contribution is 0.101. The monoisotopic (exact) mass is 329 g/mol. The van der Waals surface area contributed by atoms with Crippen molar-refractivity contribution in [3.8, 4) is 0 Å². The first-order chi connectivity index (χ1) is 11.5. The molecule has 2 heterocycles. The molecule has 1 amide bonds. The van der Waals surface area contributed by atoms with Gasteiger partial charge >= 0.3 is 0 Å². The van der Waals surface area contributed by atoms with Crippen LogP contribution in [0.15, 0.2) is 34.9 Å². The lowest BCUT2D eigenvalue weighted by atomic mass is 10.1. The Bertz CT molecular complexity index is 703. The van der Waals surface area contributed by atoms with Gasteiger partial charge in [0.15, 0.2) is 5.69 Å². The molecule has 1 aliphatic rings. The molecule has 0 spiro atoms. The molecule has 0 atom stereocenters. The number of nitrogens with zero attached hydrogens (tertiary/aromatic N) is 2. The first-order valence-electron chi connectivity index (χ1n) is 8.34. The zero-order chi connectivity index (χ0) is 17.1. The predicted molar refractivity (Wildman–Crippen MR) is 92.4 cm³/mol. The van der Waals surface area contributed by atoms with Crippen molar-refractivity contribution in [2.45, 2.75) is 38.7 Å². The van der Waals surface area contributed by atoms with Crippen molar-refractivity contribution in [1.82, 2.24) is 5.16 Å². The molecular weight excluding hydrogens is 306 g/mol. The number of carbonyl (C=O) groups excluding carboxylic acids is 1. The van der Waals surface area contributed by atoms with Crippen LogP contribution in [0.1, 0.15) is 48.9 Å². The number of carbonyl (C=O) groups is 1. The van der Waals surface area contributed by atoms with Gasteiger partial charge in [0.2, 0.25) is 0 Å². The zero-order valence-electron chi connectivity index (χ0n) is 14.0. The number of hydrogen-bond donors (Lipinski definition) is 2. The van der Waals surface area contributed by atoms with Gasteiger partial charge < -0.3 is 19.8 Å². The molecule has 24 heavy (non-hydrogen) atoms. The molecule has 2 N–H and O–H groups in total. The second-order valence-corrected chi connectivity index (χ2v) is 6.46. The number of piperidine rings is 1. The zero-order valence-corrected chi connectivity index (χ0v) is 14.0. The topological polar surface area (TPSA) is 78.6 Å². The van der Waals surface area contributed by atoms with Gasteiger partial charge in [-0.25, -0.2) is 0 Å². The van der Waals surface area contributed by atoms with Crippen molar-refractivity contribution in [3.63, 3.8) is 0 Å². The summed E-state index contributed by atoms with van der Waals surface area (Å²) in [5.74, 6) is 0.597. The van der Waals surface area contributed by atoms with Gasteiger partial charge in [-0.2, -0.15) is 0 Å². The van der Waals surface area contributed by atoms with Crippen LogP contribution in [-0.2, 0) is 0 Å². The van der Waals surface area contributed by atoms with Crippen LogP contribution in [-0.4, -0.2) is 35.4 Å². The van der Waals surface area contributed by atoms with E-state index >= 15 is 0 Å². The molecule has 2 aromatic rings. The van der Waals surface area contributed by atoms with Crippen LogP contribution in [0.4, 0.5) is 11.4 Å². The molecule has 0 saturated carbocycles. The fraction of sp³-hybridized carbons (Fsp3) is 0.444. The molecule has 0 radical (unpaired) electrons. The van der Waals surface area contributed by atoms with Crippen molar-refractivity contribution >= 4 is 17.3 Å². The smallest absolute Gasteiger partial charge is 0.277 e. The van der Waals surface area contributed by atoms with Crippen LogP contribution < -0.4 is 10.2 Å². The SMILES string of the molecule is CC(C)c1cc(C(=O)Nc2ccccc2N2CCC(O)CC2)no1. The molecule has 0 unspecified atom stereocenters. The standard InChI is InChI=1S/C18H23N3O3/c1-12(2)17-11-15(20-24-17)18(23)19-14-5-3-4-6-16(14)21-9-7-13(22)8-10-21/h3-6,11-13,22H,7-10H2,1-2H3,(H,19,23). The lowest BCUT2D eigenvalue weighted by Gasteiger charge is -2.32. The Labute approximate surface area is 141 Å². The first kappa shape index (κ1) is 16.5. The summed E-state index contributed by atoms with van der Waals surface area (Å²) in [4.78, 5) is 14.6. The number of benzene rings is 1. The normalized spacial score (nSPS) is 15.8. The molecule has 1 aromatic heterocycles. The van der Waals surface area contributed by atoms with E-state index in [1.165, 1.54) is 0 Å². The molecule has 0 aliphatic carbocycles. The Morgan fingerprint density at radius 3 is 2.71 bits per heavy atom. The highest BCUT2D eigenvalue weighted by Gasteiger charge is 2.21. The van der Waals surface area contributed by atoms with E-state index in [9.17, 15) is 9.90 Å². The third-order valence-corrected chi connectivity index (χ3v) is 4.29. The van der Waals surface area contributed by atoms with E-state index in [0.717, 1.165) is 37.3 Å². The molecule has 128 valence electrons. The van der Waals surface area contributed by atoms with E-state index < -0.39 is 0 Å². The Kier molecular flexibility index (Phi) is 4.85.